The lowest BCUT2D eigenvalue weighted by Gasteiger charge is -2.07. The number of fused-ring (bicyclic) bond motifs is 3. The molecule has 1 heteroatoms. The van der Waals surface area contributed by atoms with Gasteiger partial charge in [-0.2, -0.15) is 0 Å². The van der Waals surface area contributed by atoms with Crippen LogP contribution in [-0.2, 0) is 0 Å². The first-order chi connectivity index (χ1) is 7.83. The maximum Gasteiger partial charge on any atom is 0.106 e. The Hall–Kier alpha value is -2.04. The summed E-state index contributed by atoms with van der Waals surface area (Å²) in [5.74, 6) is 2.63. The fraction of sp³-hybridized carbons (Fsp3) is 0.0667. The Balaban J connectivity index is 2.38. The van der Waals surface area contributed by atoms with Gasteiger partial charge in [-0.1, -0.05) is 42.3 Å². The van der Waals surface area contributed by atoms with Crippen molar-refractivity contribution < 1.29 is 5.11 Å². The third kappa shape index (κ3) is 1.05. The second-order valence-electron chi connectivity index (χ2n) is 3.90. The minimum atomic E-state index is -0.585. The summed E-state index contributed by atoms with van der Waals surface area (Å²) in [5, 5.41) is 10.2. The van der Waals surface area contributed by atoms with Crippen molar-refractivity contribution in [3.8, 4) is 23.5 Å². The Morgan fingerprint density at radius 3 is 2.56 bits per heavy atom. The van der Waals surface area contributed by atoms with Crippen LogP contribution in [0, 0.1) is 12.3 Å². The summed E-state index contributed by atoms with van der Waals surface area (Å²) in [5.41, 5.74) is 4.73. The predicted octanol–water partition coefficient (Wildman–Crippen LogP) is 2.73. The molecule has 1 aliphatic carbocycles. The number of hydrogen-bond donors (Lipinski definition) is 1. The van der Waals surface area contributed by atoms with Crippen LogP contribution in [0.2, 0.25) is 0 Å². The average molecular weight is 206 g/mol. The molecular weight excluding hydrogens is 196 g/mol. The Labute approximate surface area is 94.4 Å². The van der Waals surface area contributed by atoms with Gasteiger partial charge in [-0.3, -0.25) is 0 Å². The standard InChI is InChI=1S/C15H10O/c1-2-10-6-5-9-12-11-7-3-4-8-13(11)15(16)14(10)12/h1,3-9,15-16H. The Morgan fingerprint density at radius 1 is 1.00 bits per heavy atom. The second kappa shape index (κ2) is 3.23. The lowest BCUT2D eigenvalue weighted by atomic mass is 10.0. The summed E-state index contributed by atoms with van der Waals surface area (Å²) in [6.45, 7) is 0. The van der Waals surface area contributed by atoms with E-state index in [1.807, 2.05) is 42.5 Å². The van der Waals surface area contributed by atoms with Gasteiger partial charge in [0.05, 0.1) is 0 Å². The molecule has 2 aromatic rings. The number of rotatable bonds is 0. The summed E-state index contributed by atoms with van der Waals surface area (Å²) in [4.78, 5) is 0. The molecule has 1 aliphatic rings. The first-order valence-electron chi connectivity index (χ1n) is 5.20. The number of aliphatic hydroxyl groups is 1. The molecule has 0 fully saturated rings. The molecule has 76 valence electrons. The fourth-order valence-electron chi connectivity index (χ4n) is 2.36. The van der Waals surface area contributed by atoms with Crippen LogP contribution in [0.25, 0.3) is 11.1 Å². The third-order valence-electron chi connectivity index (χ3n) is 3.08. The zero-order valence-electron chi connectivity index (χ0n) is 8.64. The zero-order valence-corrected chi connectivity index (χ0v) is 8.64. The van der Waals surface area contributed by atoms with Crippen LogP contribution in [0.15, 0.2) is 42.5 Å². The van der Waals surface area contributed by atoms with Gasteiger partial charge in [0.25, 0.3) is 0 Å². The van der Waals surface area contributed by atoms with Crippen molar-refractivity contribution in [2.75, 3.05) is 0 Å². The maximum atomic E-state index is 10.2. The van der Waals surface area contributed by atoms with E-state index in [1.165, 1.54) is 0 Å². The lowest BCUT2D eigenvalue weighted by Crippen LogP contribution is -1.96. The monoisotopic (exact) mass is 206 g/mol. The highest BCUT2D eigenvalue weighted by Crippen LogP contribution is 2.44. The molecule has 1 unspecified atom stereocenters. The van der Waals surface area contributed by atoms with Crippen LogP contribution in [0.4, 0.5) is 0 Å². The molecule has 0 aromatic heterocycles. The summed E-state index contributed by atoms with van der Waals surface area (Å²) < 4.78 is 0. The van der Waals surface area contributed by atoms with Crippen molar-refractivity contribution in [1.29, 1.82) is 0 Å². The van der Waals surface area contributed by atoms with Crippen LogP contribution in [0.3, 0.4) is 0 Å². The number of terminal acetylenes is 1. The van der Waals surface area contributed by atoms with E-state index in [-0.39, 0.29) is 0 Å². The Bertz CT molecular complexity index is 605. The lowest BCUT2D eigenvalue weighted by molar-refractivity contribution is 0.225. The van der Waals surface area contributed by atoms with Crippen molar-refractivity contribution in [1.82, 2.24) is 0 Å². The molecule has 0 heterocycles. The summed E-state index contributed by atoms with van der Waals surface area (Å²) >= 11 is 0. The molecule has 1 atom stereocenters. The Kier molecular flexibility index (Phi) is 1.86. The van der Waals surface area contributed by atoms with E-state index in [2.05, 4.69) is 5.92 Å². The number of hydrogen-bond acceptors (Lipinski definition) is 1. The first kappa shape index (κ1) is 9.21. The van der Waals surface area contributed by atoms with Gasteiger partial charge in [0.2, 0.25) is 0 Å². The van der Waals surface area contributed by atoms with Gasteiger partial charge in [0.15, 0.2) is 0 Å². The van der Waals surface area contributed by atoms with Crippen LogP contribution < -0.4 is 0 Å². The van der Waals surface area contributed by atoms with Gasteiger partial charge < -0.3 is 5.11 Å². The van der Waals surface area contributed by atoms with Crippen molar-refractivity contribution in [3.05, 3.63) is 59.2 Å². The van der Waals surface area contributed by atoms with Crippen LogP contribution in [0.5, 0.6) is 0 Å². The average Bonchev–Trinajstić information content (AvgIpc) is 2.64. The minimum absolute atomic E-state index is 0.585. The van der Waals surface area contributed by atoms with Crippen molar-refractivity contribution in [2.24, 2.45) is 0 Å². The number of benzene rings is 2. The summed E-state index contributed by atoms with van der Waals surface area (Å²) in [6, 6.07) is 13.7. The predicted molar refractivity (Wildman–Crippen MR) is 63.9 cm³/mol. The van der Waals surface area contributed by atoms with Gasteiger partial charge in [0.1, 0.15) is 6.10 Å². The maximum absolute atomic E-state index is 10.2. The molecule has 0 bridgehead atoms. The highest BCUT2D eigenvalue weighted by atomic mass is 16.3. The van der Waals surface area contributed by atoms with Crippen LogP contribution in [0.1, 0.15) is 22.8 Å². The minimum Gasteiger partial charge on any atom is -0.384 e. The first-order valence-corrected chi connectivity index (χ1v) is 5.20. The smallest absolute Gasteiger partial charge is 0.106 e. The molecule has 0 spiro atoms. The number of aliphatic hydroxyl groups excluding tert-OH is 1. The Morgan fingerprint density at radius 2 is 1.75 bits per heavy atom. The van der Waals surface area contributed by atoms with Gasteiger partial charge in [-0.25, -0.2) is 0 Å². The molecule has 0 radical (unpaired) electrons. The molecule has 0 aliphatic heterocycles. The van der Waals surface area contributed by atoms with E-state index >= 15 is 0 Å². The van der Waals surface area contributed by atoms with E-state index in [9.17, 15) is 5.11 Å². The van der Waals surface area contributed by atoms with E-state index in [0.717, 1.165) is 27.8 Å². The van der Waals surface area contributed by atoms with Crippen molar-refractivity contribution in [3.63, 3.8) is 0 Å². The van der Waals surface area contributed by atoms with E-state index in [1.54, 1.807) is 0 Å². The fourth-order valence-corrected chi connectivity index (χ4v) is 2.36. The van der Waals surface area contributed by atoms with Crippen LogP contribution >= 0.6 is 0 Å². The summed E-state index contributed by atoms with van der Waals surface area (Å²) in [6.07, 6.45) is 4.87. The quantitative estimate of drug-likeness (QED) is 0.657. The molecule has 0 saturated carbocycles. The highest BCUT2D eigenvalue weighted by Gasteiger charge is 2.28. The summed E-state index contributed by atoms with van der Waals surface area (Å²) in [7, 11) is 0. The topological polar surface area (TPSA) is 20.2 Å². The molecule has 16 heavy (non-hydrogen) atoms. The van der Waals surface area contributed by atoms with E-state index in [4.69, 9.17) is 6.42 Å². The van der Waals surface area contributed by atoms with Gasteiger partial charge >= 0.3 is 0 Å². The molecule has 0 saturated heterocycles. The van der Waals surface area contributed by atoms with Crippen molar-refractivity contribution in [2.45, 2.75) is 6.10 Å². The molecule has 0 amide bonds. The zero-order chi connectivity index (χ0) is 11.1. The molecule has 2 aromatic carbocycles. The molecular formula is C15H10O. The molecule has 1 N–H and O–H groups in total. The van der Waals surface area contributed by atoms with Crippen molar-refractivity contribution >= 4 is 0 Å². The van der Waals surface area contributed by atoms with Gasteiger partial charge in [0, 0.05) is 11.1 Å². The normalized spacial score (nSPS) is 16.4. The highest BCUT2D eigenvalue weighted by molar-refractivity contribution is 5.80. The molecule has 3 rings (SSSR count). The third-order valence-corrected chi connectivity index (χ3v) is 3.08. The van der Waals surface area contributed by atoms with E-state index < -0.39 is 6.10 Å². The van der Waals surface area contributed by atoms with Gasteiger partial charge in [-0.15, -0.1) is 6.42 Å². The van der Waals surface area contributed by atoms with E-state index in [0.29, 0.717) is 0 Å². The van der Waals surface area contributed by atoms with Gasteiger partial charge in [-0.05, 0) is 22.8 Å². The SMILES string of the molecule is C#Cc1cccc2c1C(O)c1ccccc1-2. The molecule has 1 nitrogen and oxygen atoms in total. The second-order valence-corrected chi connectivity index (χ2v) is 3.90. The largest absolute Gasteiger partial charge is 0.384 e. The van der Waals surface area contributed by atoms with Crippen LogP contribution in [-0.4, -0.2) is 5.11 Å².